The minimum absolute atomic E-state index is 0.0960. The number of amides is 1. The molecule has 0 saturated carbocycles. The van der Waals surface area contributed by atoms with E-state index in [2.05, 4.69) is 9.97 Å². The van der Waals surface area contributed by atoms with Crippen LogP contribution in [0.5, 0.6) is 5.75 Å². The van der Waals surface area contributed by atoms with E-state index in [1.807, 2.05) is 35.9 Å². The minimum Gasteiger partial charge on any atom is -0.506 e. The van der Waals surface area contributed by atoms with Crippen LogP contribution in [0.25, 0.3) is 5.65 Å². The van der Waals surface area contributed by atoms with E-state index in [0.29, 0.717) is 30.6 Å². The Morgan fingerprint density at radius 3 is 3.00 bits per heavy atom. The summed E-state index contributed by atoms with van der Waals surface area (Å²) in [4.78, 5) is 22.8. The molecule has 6 heteroatoms. The van der Waals surface area contributed by atoms with Gasteiger partial charge in [0, 0.05) is 30.7 Å². The lowest BCUT2D eigenvalue weighted by Crippen LogP contribution is -2.37. The Labute approximate surface area is 133 Å². The number of fused-ring (bicyclic) bond motifs is 2. The first kappa shape index (κ1) is 13.8. The van der Waals surface area contributed by atoms with Crippen molar-refractivity contribution in [3.05, 3.63) is 59.3 Å². The third-order valence-electron chi connectivity index (χ3n) is 4.19. The number of rotatable bonds is 2. The number of imidazole rings is 1. The molecule has 116 valence electrons. The second kappa shape index (κ2) is 5.08. The van der Waals surface area contributed by atoms with Crippen LogP contribution < -0.4 is 0 Å². The molecule has 4 heterocycles. The maximum Gasteiger partial charge on any atom is 0.256 e. The molecular weight excluding hydrogens is 292 g/mol. The summed E-state index contributed by atoms with van der Waals surface area (Å²) in [6.45, 7) is 3.05. The Kier molecular flexibility index (Phi) is 3.04. The molecule has 1 aliphatic rings. The van der Waals surface area contributed by atoms with Crippen molar-refractivity contribution in [1.29, 1.82) is 0 Å². The van der Waals surface area contributed by atoms with Crippen LogP contribution in [0.1, 0.15) is 27.2 Å². The Morgan fingerprint density at radius 1 is 1.26 bits per heavy atom. The van der Waals surface area contributed by atoms with Gasteiger partial charge in [-0.3, -0.25) is 9.78 Å². The normalized spacial score (nSPS) is 14.3. The predicted octanol–water partition coefficient (Wildman–Crippen LogP) is 1.94. The maximum absolute atomic E-state index is 12.6. The Hall–Kier alpha value is -2.89. The van der Waals surface area contributed by atoms with Crippen molar-refractivity contribution in [2.75, 3.05) is 6.54 Å². The lowest BCUT2D eigenvalue weighted by Gasteiger charge is -2.27. The summed E-state index contributed by atoms with van der Waals surface area (Å²) < 4.78 is 1.97. The molecule has 0 fully saturated rings. The zero-order valence-corrected chi connectivity index (χ0v) is 12.7. The topological polar surface area (TPSA) is 70.7 Å². The van der Waals surface area contributed by atoms with Gasteiger partial charge in [-0.2, -0.15) is 0 Å². The van der Waals surface area contributed by atoms with Crippen molar-refractivity contribution in [3.63, 3.8) is 0 Å². The van der Waals surface area contributed by atoms with Gasteiger partial charge < -0.3 is 14.4 Å². The highest BCUT2D eigenvalue weighted by molar-refractivity contribution is 5.97. The average Bonchev–Trinajstić information content (AvgIpc) is 2.92. The van der Waals surface area contributed by atoms with Crippen molar-refractivity contribution < 1.29 is 9.90 Å². The molecule has 1 amide bonds. The van der Waals surface area contributed by atoms with E-state index in [0.717, 1.165) is 16.9 Å². The minimum atomic E-state index is -0.108. The largest absolute Gasteiger partial charge is 0.506 e. The first-order valence-corrected chi connectivity index (χ1v) is 7.51. The molecule has 0 saturated heterocycles. The number of aryl methyl sites for hydroxylation is 1. The van der Waals surface area contributed by atoms with E-state index in [-0.39, 0.29) is 11.7 Å². The van der Waals surface area contributed by atoms with Gasteiger partial charge in [-0.15, -0.1) is 0 Å². The van der Waals surface area contributed by atoms with Gasteiger partial charge >= 0.3 is 0 Å². The Bertz CT molecular complexity index is 916. The summed E-state index contributed by atoms with van der Waals surface area (Å²) in [6, 6.07) is 3.98. The average molecular weight is 308 g/mol. The van der Waals surface area contributed by atoms with E-state index >= 15 is 0 Å². The highest BCUT2D eigenvalue weighted by Gasteiger charge is 2.27. The van der Waals surface area contributed by atoms with Crippen LogP contribution in [0, 0.1) is 6.92 Å². The molecule has 23 heavy (non-hydrogen) atoms. The van der Waals surface area contributed by atoms with Gasteiger partial charge in [0.15, 0.2) is 0 Å². The fourth-order valence-electron chi connectivity index (χ4n) is 3.02. The summed E-state index contributed by atoms with van der Waals surface area (Å²) in [7, 11) is 0. The molecule has 0 aliphatic carbocycles. The van der Waals surface area contributed by atoms with Crippen LogP contribution in [0.15, 0.2) is 36.9 Å². The maximum atomic E-state index is 12.6. The van der Waals surface area contributed by atoms with Gasteiger partial charge in [-0.1, -0.05) is 6.07 Å². The summed E-state index contributed by atoms with van der Waals surface area (Å²) >= 11 is 0. The SMILES string of the molecule is Cc1ccc2nc(CN3CCc4c(O)cncc4C3=O)cn2c1. The molecule has 6 nitrogen and oxygen atoms in total. The van der Waals surface area contributed by atoms with Gasteiger partial charge in [0.2, 0.25) is 0 Å². The molecule has 4 rings (SSSR count). The molecule has 1 N–H and O–H groups in total. The second-order valence-corrected chi connectivity index (χ2v) is 5.87. The Morgan fingerprint density at radius 2 is 2.13 bits per heavy atom. The van der Waals surface area contributed by atoms with Gasteiger partial charge in [0.25, 0.3) is 5.91 Å². The molecule has 0 aromatic carbocycles. The van der Waals surface area contributed by atoms with Gasteiger partial charge in [-0.05, 0) is 25.0 Å². The van der Waals surface area contributed by atoms with E-state index in [4.69, 9.17) is 0 Å². The zero-order valence-electron chi connectivity index (χ0n) is 12.7. The van der Waals surface area contributed by atoms with Crippen molar-refractivity contribution in [2.45, 2.75) is 19.9 Å². The lowest BCUT2D eigenvalue weighted by molar-refractivity contribution is 0.0723. The van der Waals surface area contributed by atoms with Gasteiger partial charge in [0.05, 0.1) is 24.0 Å². The van der Waals surface area contributed by atoms with Crippen LogP contribution >= 0.6 is 0 Å². The Balaban J connectivity index is 1.62. The second-order valence-electron chi connectivity index (χ2n) is 5.87. The number of carbonyl (C=O) groups excluding carboxylic acids is 1. The number of nitrogens with zero attached hydrogens (tertiary/aromatic N) is 4. The van der Waals surface area contributed by atoms with Crippen molar-refractivity contribution in [1.82, 2.24) is 19.3 Å². The number of aromatic hydroxyl groups is 1. The quantitative estimate of drug-likeness (QED) is 0.785. The molecule has 0 bridgehead atoms. The molecule has 3 aromatic heterocycles. The fourth-order valence-corrected chi connectivity index (χ4v) is 3.02. The first-order valence-electron chi connectivity index (χ1n) is 7.51. The number of hydrogen-bond acceptors (Lipinski definition) is 4. The fraction of sp³-hybridized carbons (Fsp3) is 0.235. The molecular formula is C17H16N4O2. The summed E-state index contributed by atoms with van der Waals surface area (Å²) in [5, 5.41) is 9.82. The van der Waals surface area contributed by atoms with Crippen LogP contribution in [0.4, 0.5) is 0 Å². The number of carbonyl (C=O) groups is 1. The molecule has 0 spiro atoms. The number of aromatic nitrogens is 3. The van der Waals surface area contributed by atoms with E-state index in [1.165, 1.54) is 12.4 Å². The van der Waals surface area contributed by atoms with E-state index < -0.39 is 0 Å². The standard InChI is InChI=1S/C17H16N4O2/c1-11-2-3-16-19-12(10-21(16)8-11)9-20-5-4-13-14(17(20)23)6-18-7-15(13)22/h2-3,6-8,10,22H,4-5,9H2,1H3. The third-order valence-corrected chi connectivity index (χ3v) is 4.19. The van der Waals surface area contributed by atoms with Crippen LogP contribution in [-0.2, 0) is 13.0 Å². The predicted molar refractivity (Wildman–Crippen MR) is 84.3 cm³/mol. The molecule has 3 aromatic rings. The van der Waals surface area contributed by atoms with Crippen LogP contribution in [0.2, 0.25) is 0 Å². The monoisotopic (exact) mass is 308 g/mol. The van der Waals surface area contributed by atoms with Crippen LogP contribution in [-0.4, -0.2) is 36.8 Å². The number of pyridine rings is 2. The molecule has 0 unspecified atom stereocenters. The van der Waals surface area contributed by atoms with E-state index in [9.17, 15) is 9.90 Å². The third kappa shape index (κ3) is 2.32. The highest BCUT2D eigenvalue weighted by Crippen LogP contribution is 2.26. The van der Waals surface area contributed by atoms with Gasteiger partial charge in [-0.25, -0.2) is 4.98 Å². The highest BCUT2D eigenvalue weighted by atomic mass is 16.3. The molecule has 1 aliphatic heterocycles. The van der Waals surface area contributed by atoms with Crippen molar-refractivity contribution in [3.8, 4) is 5.75 Å². The molecule has 0 atom stereocenters. The van der Waals surface area contributed by atoms with Crippen molar-refractivity contribution >= 4 is 11.6 Å². The van der Waals surface area contributed by atoms with Gasteiger partial charge in [0.1, 0.15) is 11.4 Å². The summed E-state index contributed by atoms with van der Waals surface area (Å²) in [5.74, 6) is -0.0124. The van der Waals surface area contributed by atoms with Crippen LogP contribution in [0.3, 0.4) is 0 Å². The van der Waals surface area contributed by atoms with E-state index in [1.54, 1.807) is 4.90 Å². The summed E-state index contributed by atoms with van der Waals surface area (Å²) in [6.07, 6.45) is 7.50. The number of hydrogen-bond donors (Lipinski definition) is 1. The summed E-state index contributed by atoms with van der Waals surface area (Å²) in [5.41, 5.74) is 4.05. The first-order chi connectivity index (χ1) is 11.1. The van der Waals surface area contributed by atoms with Crippen molar-refractivity contribution in [2.24, 2.45) is 0 Å². The zero-order chi connectivity index (χ0) is 16.0. The lowest BCUT2D eigenvalue weighted by atomic mass is 10.0. The smallest absolute Gasteiger partial charge is 0.256 e. The molecule has 0 radical (unpaired) electrons.